The van der Waals surface area contributed by atoms with E-state index in [0.29, 0.717) is 12.1 Å². The molecule has 0 aliphatic rings. The number of hydrogen-bond acceptors (Lipinski definition) is 2. The Morgan fingerprint density at radius 3 is 2.20 bits per heavy atom. The summed E-state index contributed by atoms with van der Waals surface area (Å²) >= 11 is 0. The van der Waals surface area contributed by atoms with Crippen LogP contribution in [0, 0.1) is 0 Å². The lowest BCUT2D eigenvalue weighted by atomic mass is 10.1. The Labute approximate surface area is 92.6 Å². The molecular weight excluding hydrogens is 186 g/mol. The van der Waals surface area contributed by atoms with Gasteiger partial charge in [-0.1, -0.05) is 26.0 Å². The molecule has 0 aliphatic heterocycles. The van der Waals surface area contributed by atoms with Crippen LogP contribution in [0.15, 0.2) is 24.3 Å². The first kappa shape index (κ1) is 12.1. The van der Waals surface area contributed by atoms with Gasteiger partial charge in [0, 0.05) is 12.1 Å². The first-order valence-corrected chi connectivity index (χ1v) is 5.62. The van der Waals surface area contributed by atoms with Gasteiger partial charge in [-0.25, -0.2) is 0 Å². The Morgan fingerprint density at radius 1 is 1.13 bits per heavy atom. The number of rotatable bonds is 5. The SMILES string of the molecule is CCOc1ccc([C@@H](C)NC(C)C)cc1. The van der Waals surface area contributed by atoms with E-state index in [1.54, 1.807) is 0 Å². The van der Waals surface area contributed by atoms with E-state index < -0.39 is 0 Å². The zero-order valence-electron chi connectivity index (χ0n) is 10.1. The first-order chi connectivity index (χ1) is 7.13. The smallest absolute Gasteiger partial charge is 0.119 e. The summed E-state index contributed by atoms with van der Waals surface area (Å²) in [4.78, 5) is 0. The zero-order chi connectivity index (χ0) is 11.3. The largest absolute Gasteiger partial charge is 0.494 e. The van der Waals surface area contributed by atoms with E-state index in [1.165, 1.54) is 5.56 Å². The van der Waals surface area contributed by atoms with E-state index in [1.807, 2.05) is 19.1 Å². The van der Waals surface area contributed by atoms with Gasteiger partial charge in [-0.05, 0) is 31.5 Å². The average Bonchev–Trinajstić information content (AvgIpc) is 2.18. The monoisotopic (exact) mass is 207 g/mol. The Morgan fingerprint density at radius 2 is 1.73 bits per heavy atom. The van der Waals surface area contributed by atoms with Crippen LogP contribution in [0.25, 0.3) is 0 Å². The molecule has 0 bridgehead atoms. The van der Waals surface area contributed by atoms with Crippen LogP contribution in [0.2, 0.25) is 0 Å². The third-order valence-electron chi connectivity index (χ3n) is 2.27. The fourth-order valence-electron chi connectivity index (χ4n) is 1.62. The van der Waals surface area contributed by atoms with Crippen LogP contribution in [0.1, 0.15) is 39.3 Å². The Bertz CT molecular complexity index is 279. The number of hydrogen-bond donors (Lipinski definition) is 1. The maximum absolute atomic E-state index is 5.40. The summed E-state index contributed by atoms with van der Waals surface area (Å²) in [6.07, 6.45) is 0. The molecule has 0 spiro atoms. The van der Waals surface area contributed by atoms with Crippen molar-refractivity contribution in [1.82, 2.24) is 5.32 Å². The molecule has 0 saturated carbocycles. The maximum atomic E-state index is 5.40. The molecule has 0 aliphatic carbocycles. The summed E-state index contributed by atoms with van der Waals surface area (Å²) in [5, 5.41) is 3.47. The van der Waals surface area contributed by atoms with E-state index in [9.17, 15) is 0 Å². The highest BCUT2D eigenvalue weighted by atomic mass is 16.5. The summed E-state index contributed by atoms with van der Waals surface area (Å²) in [6.45, 7) is 9.21. The number of nitrogens with one attached hydrogen (secondary N) is 1. The molecule has 2 heteroatoms. The average molecular weight is 207 g/mol. The van der Waals surface area contributed by atoms with Gasteiger partial charge in [-0.2, -0.15) is 0 Å². The second kappa shape index (κ2) is 5.76. The van der Waals surface area contributed by atoms with Crippen molar-refractivity contribution in [2.24, 2.45) is 0 Å². The van der Waals surface area contributed by atoms with Gasteiger partial charge in [0.2, 0.25) is 0 Å². The van der Waals surface area contributed by atoms with Gasteiger partial charge < -0.3 is 10.1 Å². The van der Waals surface area contributed by atoms with E-state index in [-0.39, 0.29) is 0 Å². The van der Waals surface area contributed by atoms with Crippen LogP contribution in [0.3, 0.4) is 0 Å². The minimum absolute atomic E-state index is 0.390. The molecule has 1 rings (SSSR count). The Kier molecular flexibility index (Phi) is 4.63. The minimum Gasteiger partial charge on any atom is -0.494 e. The molecular formula is C13H21NO. The molecule has 1 aromatic rings. The lowest BCUT2D eigenvalue weighted by molar-refractivity contribution is 0.340. The van der Waals surface area contributed by atoms with Gasteiger partial charge in [0.1, 0.15) is 5.75 Å². The molecule has 0 fully saturated rings. The third kappa shape index (κ3) is 3.92. The molecule has 0 aromatic heterocycles. The fraction of sp³-hybridized carbons (Fsp3) is 0.538. The van der Waals surface area contributed by atoms with Crippen molar-refractivity contribution >= 4 is 0 Å². The molecule has 0 unspecified atom stereocenters. The molecule has 2 nitrogen and oxygen atoms in total. The zero-order valence-corrected chi connectivity index (χ0v) is 10.1. The van der Waals surface area contributed by atoms with Gasteiger partial charge in [0.05, 0.1) is 6.61 Å². The molecule has 0 radical (unpaired) electrons. The van der Waals surface area contributed by atoms with Gasteiger partial charge in [0.25, 0.3) is 0 Å². The quantitative estimate of drug-likeness (QED) is 0.801. The van der Waals surface area contributed by atoms with Gasteiger partial charge in [-0.3, -0.25) is 0 Å². The second-order valence-corrected chi connectivity index (χ2v) is 4.05. The van der Waals surface area contributed by atoms with Gasteiger partial charge in [0.15, 0.2) is 0 Å². The first-order valence-electron chi connectivity index (χ1n) is 5.62. The summed E-state index contributed by atoms with van der Waals surface area (Å²) in [6, 6.07) is 9.18. The van der Waals surface area contributed by atoms with Crippen molar-refractivity contribution in [1.29, 1.82) is 0 Å². The third-order valence-corrected chi connectivity index (χ3v) is 2.27. The normalized spacial score (nSPS) is 12.9. The van der Waals surface area contributed by atoms with Gasteiger partial charge >= 0.3 is 0 Å². The molecule has 1 aromatic carbocycles. The Balaban J connectivity index is 2.62. The standard InChI is InChI=1S/C13H21NO/c1-5-15-13-8-6-12(7-9-13)11(4)14-10(2)3/h6-11,14H,5H2,1-4H3/t11-/m1/s1. The molecule has 1 N–H and O–H groups in total. The van der Waals surface area contributed by atoms with Crippen LogP contribution in [0.5, 0.6) is 5.75 Å². The van der Waals surface area contributed by atoms with Crippen molar-refractivity contribution < 1.29 is 4.74 Å². The van der Waals surface area contributed by atoms with Crippen molar-refractivity contribution in [3.8, 4) is 5.75 Å². The van der Waals surface area contributed by atoms with Crippen molar-refractivity contribution in [3.05, 3.63) is 29.8 Å². The number of ether oxygens (including phenoxy) is 1. The van der Waals surface area contributed by atoms with E-state index in [0.717, 1.165) is 12.4 Å². The van der Waals surface area contributed by atoms with Gasteiger partial charge in [-0.15, -0.1) is 0 Å². The van der Waals surface area contributed by atoms with Crippen LogP contribution >= 0.6 is 0 Å². The summed E-state index contributed by atoms with van der Waals surface area (Å²) in [5.74, 6) is 0.943. The van der Waals surface area contributed by atoms with Crippen LogP contribution in [-0.2, 0) is 0 Å². The van der Waals surface area contributed by atoms with Crippen molar-refractivity contribution in [3.63, 3.8) is 0 Å². The lowest BCUT2D eigenvalue weighted by Crippen LogP contribution is -2.25. The molecule has 0 amide bonds. The predicted molar refractivity (Wildman–Crippen MR) is 64.3 cm³/mol. The van der Waals surface area contributed by atoms with Crippen molar-refractivity contribution in [2.45, 2.75) is 39.8 Å². The summed E-state index contributed by atoms with van der Waals surface area (Å²) in [5.41, 5.74) is 1.30. The topological polar surface area (TPSA) is 21.3 Å². The molecule has 84 valence electrons. The molecule has 1 atom stereocenters. The minimum atomic E-state index is 0.390. The van der Waals surface area contributed by atoms with E-state index >= 15 is 0 Å². The van der Waals surface area contributed by atoms with Crippen LogP contribution < -0.4 is 10.1 Å². The highest BCUT2D eigenvalue weighted by Crippen LogP contribution is 2.17. The van der Waals surface area contributed by atoms with Crippen LogP contribution in [0.4, 0.5) is 0 Å². The molecule has 15 heavy (non-hydrogen) atoms. The Hall–Kier alpha value is -1.02. The van der Waals surface area contributed by atoms with Crippen LogP contribution in [-0.4, -0.2) is 12.6 Å². The summed E-state index contributed by atoms with van der Waals surface area (Å²) in [7, 11) is 0. The molecule has 0 saturated heterocycles. The lowest BCUT2D eigenvalue weighted by Gasteiger charge is -2.17. The summed E-state index contributed by atoms with van der Waals surface area (Å²) < 4.78 is 5.40. The second-order valence-electron chi connectivity index (χ2n) is 4.05. The molecule has 0 heterocycles. The maximum Gasteiger partial charge on any atom is 0.119 e. The number of benzene rings is 1. The van der Waals surface area contributed by atoms with Crippen molar-refractivity contribution in [2.75, 3.05) is 6.61 Å². The van der Waals surface area contributed by atoms with E-state index in [4.69, 9.17) is 4.74 Å². The highest BCUT2D eigenvalue weighted by molar-refractivity contribution is 5.28. The highest BCUT2D eigenvalue weighted by Gasteiger charge is 2.05. The predicted octanol–water partition coefficient (Wildman–Crippen LogP) is 3.14. The van der Waals surface area contributed by atoms with E-state index in [2.05, 4.69) is 38.2 Å². The fourth-order valence-corrected chi connectivity index (χ4v) is 1.62.